The molecule has 0 aliphatic carbocycles. The Labute approximate surface area is 129 Å². The Bertz CT molecular complexity index is 659. The largest absolute Gasteiger partial charge is 0.349 e. The van der Waals surface area contributed by atoms with Gasteiger partial charge in [-0.05, 0) is 34.1 Å². The highest BCUT2D eigenvalue weighted by molar-refractivity contribution is 9.10. The van der Waals surface area contributed by atoms with E-state index >= 15 is 0 Å². The summed E-state index contributed by atoms with van der Waals surface area (Å²) < 4.78 is 0.732. The molecule has 0 unspecified atom stereocenters. The summed E-state index contributed by atoms with van der Waals surface area (Å²) in [5.74, 6) is 0. The van der Waals surface area contributed by atoms with E-state index in [0.29, 0.717) is 16.4 Å². The monoisotopic (exact) mass is 352 g/mol. The van der Waals surface area contributed by atoms with Gasteiger partial charge in [0.25, 0.3) is 6.20 Å². The van der Waals surface area contributed by atoms with Gasteiger partial charge in [-0.1, -0.05) is 41.9 Å². The minimum absolute atomic E-state index is 0.402. The molecule has 0 spiro atoms. The third-order valence-corrected chi connectivity index (χ3v) is 3.41. The van der Waals surface area contributed by atoms with Crippen LogP contribution < -0.4 is 5.32 Å². The first kappa shape index (κ1) is 14.6. The summed E-state index contributed by atoms with van der Waals surface area (Å²) >= 11 is 9.24. The molecule has 0 amide bonds. The lowest BCUT2D eigenvalue weighted by Gasteiger charge is -2.11. The molecule has 2 rings (SSSR count). The fourth-order valence-corrected chi connectivity index (χ4v) is 2.42. The summed E-state index contributed by atoms with van der Waals surface area (Å²) in [7, 11) is 0. The van der Waals surface area contributed by atoms with E-state index in [2.05, 4.69) is 21.2 Å². The van der Waals surface area contributed by atoms with Gasteiger partial charge in [0.2, 0.25) is 0 Å². The van der Waals surface area contributed by atoms with Gasteiger partial charge in [-0.15, -0.1) is 0 Å². The van der Waals surface area contributed by atoms with Crippen molar-refractivity contribution in [3.05, 3.63) is 79.9 Å². The van der Waals surface area contributed by atoms with Crippen LogP contribution in [0.1, 0.15) is 5.56 Å². The number of halogens is 2. The van der Waals surface area contributed by atoms with Crippen molar-refractivity contribution in [1.29, 1.82) is 0 Å². The summed E-state index contributed by atoms with van der Waals surface area (Å²) in [6.07, 6.45) is 0.941. The molecular formula is C14H10BrClN2O2. The van der Waals surface area contributed by atoms with Gasteiger partial charge in [0.05, 0.1) is 10.6 Å². The topological polar surface area (TPSA) is 55.2 Å². The van der Waals surface area contributed by atoms with E-state index in [0.717, 1.165) is 16.2 Å². The maximum atomic E-state index is 10.8. The molecule has 1 N–H and O–H groups in total. The smallest absolute Gasteiger partial charge is 0.258 e. The van der Waals surface area contributed by atoms with E-state index in [-0.39, 0.29) is 0 Å². The van der Waals surface area contributed by atoms with Crippen molar-refractivity contribution in [2.45, 2.75) is 0 Å². The lowest BCUT2D eigenvalue weighted by molar-refractivity contribution is -0.401. The second kappa shape index (κ2) is 6.54. The number of hydrogen-bond donors (Lipinski definition) is 1. The van der Waals surface area contributed by atoms with Gasteiger partial charge in [0.1, 0.15) is 5.70 Å². The Morgan fingerprint density at radius 1 is 1.25 bits per heavy atom. The molecular weight excluding hydrogens is 344 g/mol. The fraction of sp³-hybridized carbons (Fsp3) is 0. The van der Waals surface area contributed by atoms with Crippen LogP contribution in [0.3, 0.4) is 0 Å². The molecule has 0 aliphatic heterocycles. The second-order valence-corrected chi connectivity index (χ2v) is 5.23. The third-order valence-electron chi connectivity index (χ3n) is 2.52. The molecule has 0 bridgehead atoms. The molecule has 4 nitrogen and oxygen atoms in total. The average molecular weight is 354 g/mol. The predicted molar refractivity (Wildman–Crippen MR) is 84.2 cm³/mol. The van der Waals surface area contributed by atoms with Crippen LogP contribution in [-0.4, -0.2) is 4.92 Å². The zero-order chi connectivity index (χ0) is 14.5. The molecule has 0 heterocycles. The maximum absolute atomic E-state index is 10.8. The summed E-state index contributed by atoms with van der Waals surface area (Å²) in [4.78, 5) is 10.3. The van der Waals surface area contributed by atoms with Gasteiger partial charge in [-0.25, -0.2) is 0 Å². The number of anilines is 1. The highest BCUT2D eigenvalue weighted by atomic mass is 79.9. The van der Waals surface area contributed by atoms with Gasteiger partial charge >= 0.3 is 0 Å². The van der Waals surface area contributed by atoms with Gasteiger partial charge in [-0.3, -0.25) is 10.1 Å². The highest BCUT2D eigenvalue weighted by Crippen LogP contribution is 2.28. The van der Waals surface area contributed by atoms with Crippen molar-refractivity contribution in [2.24, 2.45) is 0 Å². The number of rotatable bonds is 4. The van der Waals surface area contributed by atoms with Gasteiger partial charge in [0.15, 0.2) is 0 Å². The van der Waals surface area contributed by atoms with Crippen LogP contribution in [0.5, 0.6) is 0 Å². The normalized spacial score (nSPS) is 11.2. The summed E-state index contributed by atoms with van der Waals surface area (Å²) in [6.45, 7) is 0. The minimum atomic E-state index is -0.487. The maximum Gasteiger partial charge on any atom is 0.258 e. The third kappa shape index (κ3) is 3.82. The SMILES string of the molecule is O=[N+]([O-])/C=C(\Nc1ccc(Cl)cc1Br)c1ccccc1. The number of hydrogen-bond acceptors (Lipinski definition) is 3. The molecule has 0 saturated carbocycles. The van der Waals surface area contributed by atoms with E-state index in [4.69, 9.17) is 11.6 Å². The van der Waals surface area contributed by atoms with Crippen molar-refractivity contribution in [1.82, 2.24) is 0 Å². The van der Waals surface area contributed by atoms with Crippen molar-refractivity contribution >= 4 is 38.9 Å². The number of nitrogens with zero attached hydrogens (tertiary/aromatic N) is 1. The van der Waals surface area contributed by atoms with E-state index in [1.54, 1.807) is 30.3 Å². The van der Waals surface area contributed by atoms with E-state index in [1.807, 2.05) is 18.2 Å². The Kier molecular flexibility index (Phi) is 4.76. The molecule has 6 heteroatoms. The van der Waals surface area contributed by atoms with Gasteiger partial charge < -0.3 is 5.32 Å². The van der Waals surface area contributed by atoms with Crippen molar-refractivity contribution in [2.75, 3.05) is 5.32 Å². The zero-order valence-electron chi connectivity index (χ0n) is 10.2. The molecule has 2 aromatic rings. The van der Waals surface area contributed by atoms with Crippen LogP contribution in [0.2, 0.25) is 5.02 Å². The summed E-state index contributed by atoms with van der Waals surface area (Å²) in [5, 5.41) is 14.4. The number of benzene rings is 2. The standard InChI is InChI=1S/C14H10BrClN2O2/c15-12-8-11(16)6-7-13(12)17-14(9-18(19)20)10-4-2-1-3-5-10/h1-9,17H/b14-9-. The Morgan fingerprint density at radius 2 is 1.95 bits per heavy atom. The van der Waals surface area contributed by atoms with Crippen LogP contribution >= 0.6 is 27.5 Å². The van der Waals surface area contributed by atoms with Crippen LogP contribution in [0.4, 0.5) is 5.69 Å². The van der Waals surface area contributed by atoms with Crippen LogP contribution in [-0.2, 0) is 0 Å². The minimum Gasteiger partial charge on any atom is -0.349 e. The van der Waals surface area contributed by atoms with Gasteiger partial charge in [0, 0.05) is 15.1 Å². The van der Waals surface area contributed by atoms with Crippen LogP contribution in [0.15, 0.2) is 59.2 Å². The number of nitrogens with one attached hydrogen (secondary N) is 1. The Morgan fingerprint density at radius 3 is 2.55 bits per heavy atom. The molecule has 20 heavy (non-hydrogen) atoms. The molecule has 0 fully saturated rings. The molecule has 102 valence electrons. The molecule has 2 aromatic carbocycles. The summed E-state index contributed by atoms with van der Waals surface area (Å²) in [6, 6.07) is 14.3. The van der Waals surface area contributed by atoms with Crippen molar-refractivity contribution in [3.8, 4) is 0 Å². The van der Waals surface area contributed by atoms with Crippen LogP contribution in [0.25, 0.3) is 5.70 Å². The second-order valence-electron chi connectivity index (χ2n) is 3.94. The number of nitro groups is 1. The predicted octanol–water partition coefficient (Wildman–Crippen LogP) is 4.79. The molecule has 0 aromatic heterocycles. The van der Waals surface area contributed by atoms with E-state index in [9.17, 15) is 10.1 Å². The Balaban J connectivity index is 2.37. The van der Waals surface area contributed by atoms with E-state index < -0.39 is 4.92 Å². The first-order valence-electron chi connectivity index (χ1n) is 5.69. The first-order chi connectivity index (χ1) is 9.56. The zero-order valence-corrected chi connectivity index (χ0v) is 12.6. The van der Waals surface area contributed by atoms with Gasteiger partial charge in [-0.2, -0.15) is 0 Å². The summed E-state index contributed by atoms with van der Waals surface area (Å²) in [5.41, 5.74) is 1.83. The molecule has 0 aliphatic rings. The lowest BCUT2D eigenvalue weighted by Crippen LogP contribution is -2.02. The highest BCUT2D eigenvalue weighted by Gasteiger charge is 2.09. The fourth-order valence-electron chi connectivity index (χ4n) is 1.64. The quantitative estimate of drug-likeness (QED) is 0.635. The van der Waals surface area contributed by atoms with Crippen molar-refractivity contribution < 1.29 is 4.92 Å². The average Bonchev–Trinajstić information content (AvgIpc) is 2.41. The molecule has 0 atom stereocenters. The molecule has 0 radical (unpaired) electrons. The van der Waals surface area contributed by atoms with Crippen molar-refractivity contribution in [3.63, 3.8) is 0 Å². The molecule has 0 saturated heterocycles. The lowest BCUT2D eigenvalue weighted by atomic mass is 10.1. The van der Waals surface area contributed by atoms with Crippen LogP contribution in [0, 0.1) is 10.1 Å². The first-order valence-corrected chi connectivity index (χ1v) is 6.86. The Hall–Kier alpha value is -1.85. The van der Waals surface area contributed by atoms with E-state index in [1.165, 1.54) is 0 Å².